The first-order chi connectivity index (χ1) is 11.9. The lowest BCUT2D eigenvalue weighted by Crippen LogP contribution is -2.47. The number of aromatic hydroxyl groups is 1. The third-order valence-electron chi connectivity index (χ3n) is 5.53. The van der Waals surface area contributed by atoms with E-state index in [-0.39, 0.29) is 40.6 Å². The van der Waals surface area contributed by atoms with Crippen molar-refractivity contribution in [2.75, 3.05) is 0 Å². The standard InChI is InChI=1S/C19H16O6/c20-7-11-13(22)6-10-5-9-4-8-2-1-3-12(21)14(8)18(24)16(9)19(25)15(10)17(11)23/h1-3,7,9-10,15,20-21,24H,4-6H2/b11-7-. The fraction of sp³-hybridized carbons (Fsp3) is 0.316. The first-order valence-corrected chi connectivity index (χ1v) is 8.14. The third kappa shape index (κ3) is 2.06. The van der Waals surface area contributed by atoms with E-state index in [1.807, 2.05) is 0 Å². The number of Topliss-reactive ketones (excluding diaryl/α,β-unsaturated/α-hetero) is 3. The summed E-state index contributed by atoms with van der Waals surface area (Å²) in [7, 11) is 0. The molecule has 2 saturated carbocycles. The second-order valence-corrected chi connectivity index (χ2v) is 6.85. The zero-order chi connectivity index (χ0) is 17.9. The summed E-state index contributed by atoms with van der Waals surface area (Å²) in [5, 5.41) is 29.8. The zero-order valence-electron chi connectivity index (χ0n) is 13.2. The van der Waals surface area contributed by atoms with Crippen molar-refractivity contribution in [1.82, 2.24) is 0 Å². The molecule has 0 aliphatic heterocycles. The quantitative estimate of drug-likeness (QED) is 0.288. The summed E-state index contributed by atoms with van der Waals surface area (Å²) < 4.78 is 0. The largest absolute Gasteiger partial charge is 0.515 e. The maximum absolute atomic E-state index is 13.0. The second-order valence-electron chi connectivity index (χ2n) is 6.85. The number of carbonyl (C=O) groups excluding carboxylic acids is 3. The van der Waals surface area contributed by atoms with Crippen LogP contribution in [-0.2, 0) is 20.8 Å². The molecule has 3 aliphatic carbocycles. The van der Waals surface area contributed by atoms with Crippen molar-refractivity contribution in [3.05, 3.63) is 46.7 Å². The summed E-state index contributed by atoms with van der Waals surface area (Å²) >= 11 is 0. The van der Waals surface area contributed by atoms with Gasteiger partial charge in [0, 0.05) is 12.0 Å². The molecule has 0 amide bonds. The molecule has 0 aromatic heterocycles. The minimum atomic E-state index is -1.06. The number of hydrogen-bond donors (Lipinski definition) is 3. The Bertz CT molecular complexity index is 891. The number of hydrogen-bond acceptors (Lipinski definition) is 6. The van der Waals surface area contributed by atoms with Gasteiger partial charge in [-0.15, -0.1) is 0 Å². The number of rotatable bonds is 0. The topological polar surface area (TPSA) is 112 Å². The Morgan fingerprint density at radius 2 is 1.80 bits per heavy atom. The third-order valence-corrected chi connectivity index (χ3v) is 5.53. The van der Waals surface area contributed by atoms with Gasteiger partial charge in [0.1, 0.15) is 11.5 Å². The molecule has 3 N–H and O–H groups in total. The molecule has 2 fully saturated rings. The predicted molar refractivity (Wildman–Crippen MR) is 86.8 cm³/mol. The van der Waals surface area contributed by atoms with Crippen LogP contribution in [0.3, 0.4) is 0 Å². The molecule has 1 aromatic rings. The number of aliphatic hydroxyl groups is 2. The molecule has 0 radical (unpaired) electrons. The van der Waals surface area contributed by atoms with Gasteiger partial charge in [0.2, 0.25) is 0 Å². The molecule has 1 aromatic carbocycles. The van der Waals surface area contributed by atoms with Crippen LogP contribution in [0.5, 0.6) is 5.75 Å². The van der Waals surface area contributed by atoms with Crippen molar-refractivity contribution in [3.63, 3.8) is 0 Å². The van der Waals surface area contributed by atoms with Gasteiger partial charge in [-0.1, -0.05) is 12.1 Å². The highest BCUT2D eigenvalue weighted by atomic mass is 16.3. The van der Waals surface area contributed by atoms with Crippen LogP contribution in [0.4, 0.5) is 0 Å². The normalized spacial score (nSPS) is 30.2. The van der Waals surface area contributed by atoms with E-state index in [0.717, 1.165) is 5.56 Å². The predicted octanol–water partition coefficient (Wildman–Crippen LogP) is 2.02. The van der Waals surface area contributed by atoms with Crippen LogP contribution < -0.4 is 0 Å². The summed E-state index contributed by atoms with van der Waals surface area (Å²) in [5.41, 5.74) is 0.766. The van der Waals surface area contributed by atoms with Gasteiger partial charge in [-0.25, -0.2) is 0 Å². The van der Waals surface area contributed by atoms with Crippen LogP contribution in [-0.4, -0.2) is 32.7 Å². The first kappa shape index (κ1) is 15.6. The molecular formula is C19H16O6. The molecule has 3 atom stereocenters. The maximum Gasteiger partial charge on any atom is 0.180 e. The number of fused-ring (bicyclic) bond motifs is 3. The van der Waals surface area contributed by atoms with Crippen molar-refractivity contribution in [1.29, 1.82) is 0 Å². The fourth-order valence-electron chi connectivity index (χ4n) is 4.45. The summed E-state index contributed by atoms with van der Waals surface area (Å²) in [6.45, 7) is 0. The van der Waals surface area contributed by atoms with E-state index in [9.17, 15) is 24.6 Å². The number of ketones is 3. The van der Waals surface area contributed by atoms with Crippen molar-refractivity contribution in [3.8, 4) is 5.75 Å². The summed E-state index contributed by atoms with van der Waals surface area (Å²) in [6, 6.07) is 4.89. The van der Waals surface area contributed by atoms with Crippen molar-refractivity contribution in [2.24, 2.45) is 17.8 Å². The molecule has 6 nitrogen and oxygen atoms in total. The first-order valence-electron chi connectivity index (χ1n) is 8.14. The highest BCUT2D eigenvalue weighted by Crippen LogP contribution is 2.48. The minimum Gasteiger partial charge on any atom is -0.515 e. The number of benzene rings is 1. The Kier molecular flexibility index (Phi) is 3.32. The molecule has 3 unspecified atom stereocenters. The van der Waals surface area contributed by atoms with Gasteiger partial charge >= 0.3 is 0 Å². The zero-order valence-corrected chi connectivity index (χ0v) is 13.2. The average molecular weight is 340 g/mol. The highest BCUT2D eigenvalue weighted by Gasteiger charge is 2.51. The number of phenols is 1. The fourth-order valence-corrected chi connectivity index (χ4v) is 4.45. The van der Waals surface area contributed by atoms with Gasteiger partial charge in [-0.3, -0.25) is 14.4 Å². The van der Waals surface area contributed by atoms with E-state index in [1.165, 1.54) is 6.07 Å². The number of carbonyl (C=O) groups is 3. The van der Waals surface area contributed by atoms with Crippen molar-refractivity contribution >= 4 is 23.1 Å². The Hall–Kier alpha value is -2.89. The van der Waals surface area contributed by atoms with Gasteiger partial charge in [-0.05, 0) is 36.3 Å². The van der Waals surface area contributed by atoms with E-state index in [4.69, 9.17) is 5.11 Å². The Morgan fingerprint density at radius 1 is 1.04 bits per heavy atom. The molecule has 0 spiro atoms. The summed E-state index contributed by atoms with van der Waals surface area (Å²) in [6.07, 6.45) is 1.40. The summed E-state index contributed by atoms with van der Waals surface area (Å²) in [4.78, 5) is 37.5. The number of phenolic OH excluding ortho intramolecular Hbond substituents is 1. The van der Waals surface area contributed by atoms with E-state index >= 15 is 0 Å². The Morgan fingerprint density at radius 3 is 2.52 bits per heavy atom. The number of allylic oxidation sites excluding steroid dienone is 2. The second kappa shape index (κ2) is 5.31. The van der Waals surface area contributed by atoms with E-state index < -0.39 is 29.2 Å². The molecule has 0 heterocycles. The lowest BCUT2D eigenvalue weighted by molar-refractivity contribution is -0.137. The van der Waals surface area contributed by atoms with E-state index in [0.29, 0.717) is 19.1 Å². The molecule has 128 valence electrons. The smallest absolute Gasteiger partial charge is 0.180 e. The maximum atomic E-state index is 13.0. The van der Waals surface area contributed by atoms with Crippen LogP contribution >= 0.6 is 0 Å². The van der Waals surface area contributed by atoms with Crippen molar-refractivity contribution < 1.29 is 29.7 Å². The van der Waals surface area contributed by atoms with Crippen LogP contribution in [0.2, 0.25) is 0 Å². The molecule has 0 bridgehead atoms. The summed E-state index contributed by atoms with van der Waals surface area (Å²) in [5.74, 6) is -3.81. The van der Waals surface area contributed by atoms with Gasteiger partial charge in [0.05, 0.1) is 23.3 Å². The molecule has 4 rings (SSSR count). The lowest BCUT2D eigenvalue weighted by Gasteiger charge is -2.40. The van der Waals surface area contributed by atoms with Gasteiger partial charge in [0.15, 0.2) is 17.3 Å². The van der Waals surface area contributed by atoms with Gasteiger partial charge in [-0.2, -0.15) is 0 Å². The average Bonchev–Trinajstić information content (AvgIpc) is 2.54. The number of aliphatic hydroxyl groups excluding tert-OH is 2. The molecule has 3 aliphatic rings. The van der Waals surface area contributed by atoms with Crippen molar-refractivity contribution in [2.45, 2.75) is 19.3 Å². The van der Waals surface area contributed by atoms with Crippen LogP contribution in [0.15, 0.2) is 35.6 Å². The van der Waals surface area contributed by atoms with E-state index in [1.54, 1.807) is 12.1 Å². The highest BCUT2D eigenvalue weighted by molar-refractivity contribution is 6.30. The van der Waals surface area contributed by atoms with Gasteiger partial charge < -0.3 is 15.3 Å². The minimum absolute atomic E-state index is 0.0337. The lowest BCUT2D eigenvalue weighted by atomic mass is 9.60. The van der Waals surface area contributed by atoms with Crippen LogP contribution in [0.1, 0.15) is 24.0 Å². The Labute approximate surface area is 143 Å². The monoisotopic (exact) mass is 340 g/mol. The van der Waals surface area contributed by atoms with E-state index in [2.05, 4.69) is 0 Å². The van der Waals surface area contributed by atoms with Gasteiger partial charge in [0.25, 0.3) is 0 Å². The van der Waals surface area contributed by atoms with Crippen LogP contribution in [0.25, 0.3) is 5.76 Å². The van der Waals surface area contributed by atoms with Crippen LogP contribution in [0, 0.1) is 17.8 Å². The molecule has 0 saturated heterocycles. The SMILES string of the molecule is O=C1CC2CC3Cc4cccc(O)c4C(O)=C3C(=O)C2C(=O)/C1=C\O. The molecular weight excluding hydrogens is 324 g/mol. The Balaban J connectivity index is 1.84. The molecule has 6 heteroatoms. The molecule has 25 heavy (non-hydrogen) atoms.